The van der Waals surface area contributed by atoms with E-state index in [1.54, 1.807) is 11.0 Å². The Kier molecular flexibility index (Phi) is 5.03. The minimum absolute atomic E-state index is 0. The molecule has 1 aromatic rings. The minimum atomic E-state index is -0.362. The standard InChI is InChI=1S/C15H19N3O3.ClH/c1-10-9-11(5-7-16-10)15(19)17-8-6-12-13(17)3-2-4-14(12)18(20)21;/h2-4,10-11,16H,5-9H2,1H3;1H/t10-,11-;/m0./s1. The first kappa shape index (κ1) is 16.7. The molecule has 0 aromatic heterocycles. The predicted molar refractivity (Wildman–Crippen MR) is 86.6 cm³/mol. The van der Waals surface area contributed by atoms with Crippen LogP contribution in [-0.2, 0) is 11.2 Å². The van der Waals surface area contributed by atoms with Gasteiger partial charge in [-0.05, 0) is 38.8 Å². The quantitative estimate of drug-likeness (QED) is 0.668. The van der Waals surface area contributed by atoms with E-state index in [4.69, 9.17) is 0 Å². The molecule has 2 aliphatic rings. The molecule has 1 fully saturated rings. The van der Waals surface area contributed by atoms with Crippen molar-refractivity contribution in [1.29, 1.82) is 0 Å². The Bertz CT molecular complexity index is 593. The molecule has 1 saturated heterocycles. The number of carbonyl (C=O) groups is 1. The molecular formula is C15H20ClN3O3. The van der Waals surface area contributed by atoms with Crippen LogP contribution >= 0.6 is 12.4 Å². The number of rotatable bonds is 2. The smallest absolute Gasteiger partial charge is 0.274 e. The number of benzene rings is 1. The Morgan fingerprint density at radius 3 is 2.91 bits per heavy atom. The lowest BCUT2D eigenvalue weighted by Crippen LogP contribution is -2.43. The molecule has 2 heterocycles. The van der Waals surface area contributed by atoms with Gasteiger partial charge in [0.05, 0.1) is 16.2 Å². The molecular weight excluding hydrogens is 306 g/mol. The summed E-state index contributed by atoms with van der Waals surface area (Å²) in [4.78, 5) is 25.2. The van der Waals surface area contributed by atoms with Crippen molar-refractivity contribution in [1.82, 2.24) is 5.32 Å². The molecule has 0 spiro atoms. The first-order chi connectivity index (χ1) is 10.1. The van der Waals surface area contributed by atoms with E-state index in [0.717, 1.165) is 25.1 Å². The highest BCUT2D eigenvalue weighted by Crippen LogP contribution is 2.36. The first-order valence-corrected chi connectivity index (χ1v) is 7.39. The van der Waals surface area contributed by atoms with Crippen LogP contribution in [0.2, 0.25) is 0 Å². The summed E-state index contributed by atoms with van der Waals surface area (Å²) in [6.45, 7) is 3.49. The van der Waals surface area contributed by atoms with Crippen LogP contribution in [0.1, 0.15) is 25.3 Å². The third-order valence-electron chi connectivity index (χ3n) is 4.44. The molecule has 1 amide bonds. The van der Waals surface area contributed by atoms with Gasteiger partial charge in [-0.1, -0.05) is 6.07 Å². The number of halogens is 1. The van der Waals surface area contributed by atoms with Crippen LogP contribution in [0.3, 0.4) is 0 Å². The Hall–Kier alpha value is -1.66. The summed E-state index contributed by atoms with van der Waals surface area (Å²) in [5.41, 5.74) is 1.54. The number of nitro benzene ring substituents is 1. The average Bonchev–Trinajstić information content (AvgIpc) is 2.90. The Labute approximate surface area is 135 Å². The summed E-state index contributed by atoms with van der Waals surface area (Å²) in [7, 11) is 0. The average molecular weight is 326 g/mol. The third-order valence-corrected chi connectivity index (χ3v) is 4.44. The molecule has 0 unspecified atom stereocenters. The van der Waals surface area contributed by atoms with Crippen LogP contribution in [0, 0.1) is 16.0 Å². The second-order valence-electron chi connectivity index (χ2n) is 5.85. The number of carbonyl (C=O) groups excluding carboxylic acids is 1. The number of nitro groups is 1. The SMILES string of the molecule is C[C@H]1C[C@@H](C(=O)N2CCc3c2cccc3[N+](=O)[O-])CCN1.Cl. The maximum atomic E-state index is 12.7. The van der Waals surface area contributed by atoms with E-state index in [1.807, 2.05) is 6.07 Å². The van der Waals surface area contributed by atoms with E-state index >= 15 is 0 Å². The number of hydrogen-bond acceptors (Lipinski definition) is 4. The van der Waals surface area contributed by atoms with Gasteiger partial charge in [0.2, 0.25) is 5.91 Å². The molecule has 0 radical (unpaired) electrons. The van der Waals surface area contributed by atoms with Gasteiger partial charge in [-0.2, -0.15) is 0 Å². The predicted octanol–water partition coefficient (Wildman–Crippen LogP) is 2.29. The molecule has 0 aliphatic carbocycles. The number of anilines is 1. The highest BCUT2D eigenvalue weighted by atomic mass is 35.5. The zero-order valence-electron chi connectivity index (χ0n) is 12.4. The van der Waals surface area contributed by atoms with Gasteiger partial charge in [0.1, 0.15) is 0 Å². The van der Waals surface area contributed by atoms with Crippen molar-refractivity contribution in [2.24, 2.45) is 5.92 Å². The maximum Gasteiger partial charge on any atom is 0.274 e. The maximum absolute atomic E-state index is 12.7. The van der Waals surface area contributed by atoms with Gasteiger partial charge in [0, 0.05) is 24.6 Å². The molecule has 120 valence electrons. The molecule has 2 aliphatic heterocycles. The largest absolute Gasteiger partial charge is 0.314 e. The summed E-state index contributed by atoms with van der Waals surface area (Å²) in [6, 6.07) is 5.34. The second kappa shape index (κ2) is 6.62. The fraction of sp³-hybridized carbons (Fsp3) is 0.533. The minimum Gasteiger partial charge on any atom is -0.314 e. The summed E-state index contributed by atoms with van der Waals surface area (Å²) in [6.07, 6.45) is 2.24. The van der Waals surface area contributed by atoms with Gasteiger partial charge < -0.3 is 10.2 Å². The number of amides is 1. The van der Waals surface area contributed by atoms with Gasteiger partial charge in [-0.25, -0.2) is 0 Å². The summed E-state index contributed by atoms with van der Waals surface area (Å²) in [5.74, 6) is 0.133. The fourth-order valence-electron chi connectivity index (χ4n) is 3.39. The van der Waals surface area contributed by atoms with E-state index in [9.17, 15) is 14.9 Å². The second-order valence-corrected chi connectivity index (χ2v) is 5.85. The van der Waals surface area contributed by atoms with Gasteiger partial charge >= 0.3 is 0 Å². The fourth-order valence-corrected chi connectivity index (χ4v) is 3.39. The van der Waals surface area contributed by atoms with Crippen molar-refractivity contribution in [2.45, 2.75) is 32.2 Å². The van der Waals surface area contributed by atoms with Crippen LogP contribution in [0.5, 0.6) is 0 Å². The van der Waals surface area contributed by atoms with Gasteiger partial charge in [0.25, 0.3) is 5.69 Å². The number of nitrogens with one attached hydrogen (secondary N) is 1. The summed E-state index contributed by atoms with van der Waals surface area (Å²) < 4.78 is 0. The molecule has 0 bridgehead atoms. The van der Waals surface area contributed by atoms with Crippen molar-refractivity contribution in [2.75, 3.05) is 18.0 Å². The first-order valence-electron chi connectivity index (χ1n) is 7.39. The van der Waals surface area contributed by atoms with E-state index in [2.05, 4.69) is 12.2 Å². The zero-order valence-corrected chi connectivity index (χ0v) is 13.3. The third kappa shape index (κ3) is 2.94. The van der Waals surface area contributed by atoms with E-state index < -0.39 is 0 Å². The highest BCUT2D eigenvalue weighted by molar-refractivity contribution is 5.97. The number of nitrogens with zero attached hydrogens (tertiary/aromatic N) is 2. The van der Waals surface area contributed by atoms with Crippen molar-refractivity contribution in [3.8, 4) is 0 Å². The number of piperidine rings is 1. The molecule has 7 heteroatoms. The Morgan fingerprint density at radius 1 is 1.45 bits per heavy atom. The van der Waals surface area contributed by atoms with Crippen LogP contribution < -0.4 is 10.2 Å². The Morgan fingerprint density at radius 2 is 2.23 bits per heavy atom. The lowest BCUT2D eigenvalue weighted by molar-refractivity contribution is -0.385. The van der Waals surface area contributed by atoms with E-state index in [-0.39, 0.29) is 34.8 Å². The van der Waals surface area contributed by atoms with Crippen LogP contribution in [0.25, 0.3) is 0 Å². The van der Waals surface area contributed by atoms with Crippen molar-refractivity contribution >= 4 is 29.7 Å². The van der Waals surface area contributed by atoms with Gasteiger partial charge in [0.15, 0.2) is 0 Å². The molecule has 2 atom stereocenters. The molecule has 22 heavy (non-hydrogen) atoms. The number of hydrogen-bond donors (Lipinski definition) is 1. The number of fused-ring (bicyclic) bond motifs is 1. The molecule has 3 rings (SSSR count). The van der Waals surface area contributed by atoms with Gasteiger partial charge in [-0.3, -0.25) is 14.9 Å². The highest BCUT2D eigenvalue weighted by Gasteiger charge is 2.35. The van der Waals surface area contributed by atoms with Crippen molar-refractivity contribution in [3.63, 3.8) is 0 Å². The zero-order chi connectivity index (χ0) is 15.0. The molecule has 6 nitrogen and oxygen atoms in total. The monoisotopic (exact) mass is 325 g/mol. The lowest BCUT2D eigenvalue weighted by atomic mass is 9.92. The lowest BCUT2D eigenvalue weighted by Gasteiger charge is -2.30. The molecule has 1 N–H and O–H groups in total. The molecule has 0 saturated carbocycles. The Balaban J connectivity index is 0.00000176. The van der Waals surface area contributed by atoms with Crippen LogP contribution in [-0.4, -0.2) is 30.0 Å². The van der Waals surface area contributed by atoms with Gasteiger partial charge in [-0.15, -0.1) is 12.4 Å². The normalized spacial score (nSPS) is 23.6. The topological polar surface area (TPSA) is 75.5 Å². The summed E-state index contributed by atoms with van der Waals surface area (Å²) >= 11 is 0. The van der Waals surface area contributed by atoms with E-state index in [1.165, 1.54) is 6.07 Å². The van der Waals surface area contributed by atoms with Crippen LogP contribution in [0.15, 0.2) is 18.2 Å². The van der Waals surface area contributed by atoms with Crippen LogP contribution in [0.4, 0.5) is 11.4 Å². The van der Waals surface area contributed by atoms with Crippen molar-refractivity contribution < 1.29 is 9.72 Å². The molecule has 1 aromatic carbocycles. The summed E-state index contributed by atoms with van der Waals surface area (Å²) in [5, 5.41) is 14.4. The van der Waals surface area contributed by atoms with Crippen molar-refractivity contribution in [3.05, 3.63) is 33.9 Å². The van der Waals surface area contributed by atoms with E-state index in [0.29, 0.717) is 24.6 Å².